The van der Waals surface area contributed by atoms with Crippen molar-refractivity contribution in [2.24, 2.45) is 0 Å². The minimum absolute atomic E-state index is 0.100. The second-order valence-corrected chi connectivity index (χ2v) is 6.68. The number of ether oxygens (including phenoxy) is 1. The van der Waals surface area contributed by atoms with Crippen LogP contribution in [-0.4, -0.2) is 13.6 Å². The standard InChI is InChI=1S/C18H19NOS.C3H8.C2H6/c1-19-12-11-17(18-10-5-13-21-18)20-16-9-4-7-14-6-2-3-8-15(14)16;1-3-2;1-2/h2-10,13,17,19H,11-12H2,1H3;3H2,1-2H3;1-2H3. The van der Waals surface area contributed by atoms with Gasteiger partial charge in [-0.2, -0.15) is 0 Å². The molecule has 0 fully saturated rings. The van der Waals surface area contributed by atoms with Gasteiger partial charge in [0.1, 0.15) is 11.9 Å². The molecule has 0 saturated heterocycles. The Labute approximate surface area is 163 Å². The summed E-state index contributed by atoms with van der Waals surface area (Å²) in [6.07, 6.45) is 2.31. The molecule has 0 radical (unpaired) electrons. The fraction of sp³-hybridized carbons (Fsp3) is 0.391. The normalized spacial score (nSPS) is 11.0. The lowest BCUT2D eigenvalue weighted by atomic mass is 10.1. The third-order valence-electron chi connectivity index (χ3n) is 3.54. The Bertz CT molecular complexity index is 704. The van der Waals surface area contributed by atoms with Crippen LogP contribution in [0.25, 0.3) is 10.8 Å². The highest BCUT2D eigenvalue weighted by atomic mass is 32.1. The van der Waals surface area contributed by atoms with Gasteiger partial charge in [-0.1, -0.05) is 76.6 Å². The zero-order valence-electron chi connectivity index (χ0n) is 16.8. The average Bonchev–Trinajstić information content (AvgIpc) is 3.22. The van der Waals surface area contributed by atoms with E-state index in [0.717, 1.165) is 18.7 Å². The van der Waals surface area contributed by atoms with E-state index < -0.39 is 0 Å². The number of thiophene rings is 1. The van der Waals surface area contributed by atoms with E-state index in [-0.39, 0.29) is 6.10 Å². The molecule has 0 bridgehead atoms. The lowest BCUT2D eigenvalue weighted by Crippen LogP contribution is -2.15. The molecule has 1 N–H and O–H groups in total. The molecule has 3 aromatic rings. The quantitative estimate of drug-likeness (QED) is 0.500. The maximum Gasteiger partial charge on any atom is 0.134 e. The first kappa shape index (κ1) is 22.2. The van der Waals surface area contributed by atoms with Crippen LogP contribution in [-0.2, 0) is 0 Å². The maximum absolute atomic E-state index is 6.34. The van der Waals surface area contributed by atoms with Crippen molar-refractivity contribution in [2.45, 2.75) is 46.6 Å². The van der Waals surface area contributed by atoms with Crippen LogP contribution in [0.5, 0.6) is 5.75 Å². The highest BCUT2D eigenvalue weighted by molar-refractivity contribution is 7.10. The molecule has 26 heavy (non-hydrogen) atoms. The van der Waals surface area contributed by atoms with Crippen LogP contribution in [0.2, 0.25) is 0 Å². The predicted molar refractivity (Wildman–Crippen MR) is 117 cm³/mol. The van der Waals surface area contributed by atoms with E-state index in [2.05, 4.69) is 79.1 Å². The molecule has 3 heteroatoms. The van der Waals surface area contributed by atoms with Crippen LogP contribution in [0.1, 0.15) is 51.5 Å². The summed E-state index contributed by atoms with van der Waals surface area (Å²) in [7, 11) is 1.98. The summed E-state index contributed by atoms with van der Waals surface area (Å²) in [4.78, 5) is 1.28. The topological polar surface area (TPSA) is 21.3 Å². The van der Waals surface area contributed by atoms with E-state index in [9.17, 15) is 0 Å². The van der Waals surface area contributed by atoms with Gasteiger partial charge >= 0.3 is 0 Å². The minimum atomic E-state index is 0.100. The summed E-state index contributed by atoms with van der Waals surface area (Å²) in [5.41, 5.74) is 0. The van der Waals surface area contributed by atoms with Crippen molar-refractivity contribution in [3.8, 4) is 5.75 Å². The third-order valence-corrected chi connectivity index (χ3v) is 4.50. The van der Waals surface area contributed by atoms with Gasteiger partial charge in [-0.3, -0.25) is 0 Å². The Kier molecular flexibility index (Phi) is 11.4. The van der Waals surface area contributed by atoms with E-state index in [0.29, 0.717) is 0 Å². The first-order valence-electron chi connectivity index (χ1n) is 9.62. The smallest absolute Gasteiger partial charge is 0.134 e. The fourth-order valence-electron chi connectivity index (χ4n) is 2.46. The van der Waals surface area contributed by atoms with Crippen molar-refractivity contribution < 1.29 is 4.74 Å². The molecule has 2 aromatic carbocycles. The van der Waals surface area contributed by atoms with Crippen molar-refractivity contribution in [2.75, 3.05) is 13.6 Å². The highest BCUT2D eigenvalue weighted by Gasteiger charge is 2.15. The Morgan fingerprint density at radius 1 is 0.962 bits per heavy atom. The molecule has 2 nitrogen and oxygen atoms in total. The van der Waals surface area contributed by atoms with Gasteiger partial charge < -0.3 is 10.1 Å². The Morgan fingerprint density at radius 3 is 2.31 bits per heavy atom. The molecule has 0 spiro atoms. The van der Waals surface area contributed by atoms with Crippen molar-refractivity contribution >= 4 is 22.1 Å². The monoisotopic (exact) mass is 371 g/mol. The number of fused-ring (bicyclic) bond motifs is 1. The van der Waals surface area contributed by atoms with Gasteiger partial charge in [0, 0.05) is 16.7 Å². The van der Waals surface area contributed by atoms with Gasteiger partial charge in [0.05, 0.1) is 0 Å². The maximum atomic E-state index is 6.34. The SMILES string of the molecule is CC.CCC.CNCCC(Oc1cccc2ccccc12)c1cccs1. The Hall–Kier alpha value is -1.84. The van der Waals surface area contributed by atoms with Gasteiger partial charge in [0.2, 0.25) is 0 Å². The fourth-order valence-corrected chi connectivity index (χ4v) is 3.25. The number of benzene rings is 2. The van der Waals surface area contributed by atoms with E-state index in [1.807, 2.05) is 20.9 Å². The van der Waals surface area contributed by atoms with E-state index in [1.165, 1.54) is 22.1 Å². The van der Waals surface area contributed by atoms with E-state index in [4.69, 9.17) is 4.74 Å². The third kappa shape index (κ3) is 6.81. The lowest BCUT2D eigenvalue weighted by Gasteiger charge is -2.19. The second-order valence-electron chi connectivity index (χ2n) is 5.70. The molecule has 0 amide bonds. The van der Waals surface area contributed by atoms with Gasteiger partial charge in [-0.25, -0.2) is 0 Å². The van der Waals surface area contributed by atoms with E-state index >= 15 is 0 Å². The van der Waals surface area contributed by atoms with Crippen LogP contribution in [0.15, 0.2) is 60.0 Å². The Balaban J connectivity index is 0.000000615. The second kappa shape index (κ2) is 13.4. The molecular formula is C23H33NOS. The molecule has 1 unspecified atom stereocenters. The summed E-state index contributed by atoms with van der Waals surface area (Å²) in [6.45, 7) is 9.19. The van der Waals surface area contributed by atoms with Crippen LogP contribution < -0.4 is 10.1 Å². The molecule has 3 rings (SSSR count). The van der Waals surface area contributed by atoms with Gasteiger partial charge in [-0.15, -0.1) is 11.3 Å². The van der Waals surface area contributed by atoms with Crippen molar-refractivity contribution in [1.29, 1.82) is 0 Å². The average molecular weight is 372 g/mol. The molecule has 1 atom stereocenters. The van der Waals surface area contributed by atoms with E-state index in [1.54, 1.807) is 11.3 Å². The summed E-state index contributed by atoms with van der Waals surface area (Å²) < 4.78 is 6.34. The van der Waals surface area contributed by atoms with Gasteiger partial charge in [0.15, 0.2) is 0 Å². The number of rotatable bonds is 6. The first-order chi connectivity index (χ1) is 12.8. The van der Waals surface area contributed by atoms with Crippen molar-refractivity contribution in [3.05, 3.63) is 64.9 Å². The van der Waals surface area contributed by atoms with Gasteiger partial charge in [0.25, 0.3) is 0 Å². The number of hydrogen-bond donors (Lipinski definition) is 1. The summed E-state index contributed by atoms with van der Waals surface area (Å²) in [6, 6.07) is 18.8. The van der Waals surface area contributed by atoms with Crippen LogP contribution in [0.4, 0.5) is 0 Å². The first-order valence-corrected chi connectivity index (χ1v) is 10.5. The molecular weight excluding hydrogens is 338 g/mol. The molecule has 0 saturated carbocycles. The largest absolute Gasteiger partial charge is 0.484 e. The minimum Gasteiger partial charge on any atom is -0.484 e. The molecule has 142 valence electrons. The molecule has 0 aliphatic heterocycles. The lowest BCUT2D eigenvalue weighted by molar-refractivity contribution is 0.201. The summed E-state index contributed by atoms with van der Waals surface area (Å²) >= 11 is 1.75. The zero-order chi connectivity index (χ0) is 19.2. The summed E-state index contributed by atoms with van der Waals surface area (Å²) in [5.74, 6) is 0.961. The number of nitrogens with one attached hydrogen (secondary N) is 1. The number of hydrogen-bond acceptors (Lipinski definition) is 3. The van der Waals surface area contributed by atoms with Crippen LogP contribution >= 0.6 is 11.3 Å². The van der Waals surface area contributed by atoms with Gasteiger partial charge in [-0.05, 0) is 36.5 Å². The molecule has 0 aliphatic rings. The van der Waals surface area contributed by atoms with Crippen LogP contribution in [0, 0.1) is 0 Å². The molecule has 1 aromatic heterocycles. The zero-order valence-corrected chi connectivity index (χ0v) is 17.6. The predicted octanol–water partition coefficient (Wildman–Crippen LogP) is 7.07. The van der Waals surface area contributed by atoms with Crippen LogP contribution in [0.3, 0.4) is 0 Å². The Morgan fingerprint density at radius 2 is 1.65 bits per heavy atom. The van der Waals surface area contributed by atoms with Crippen molar-refractivity contribution in [3.63, 3.8) is 0 Å². The molecule has 1 heterocycles. The summed E-state index contributed by atoms with van der Waals surface area (Å²) in [5, 5.41) is 7.70. The molecule has 0 aliphatic carbocycles. The highest BCUT2D eigenvalue weighted by Crippen LogP contribution is 2.32. The van der Waals surface area contributed by atoms with Crippen molar-refractivity contribution in [1.82, 2.24) is 5.32 Å².